The molecule has 0 aliphatic carbocycles. The van der Waals surface area contributed by atoms with Crippen LogP contribution in [0.3, 0.4) is 0 Å². The van der Waals surface area contributed by atoms with Gasteiger partial charge in [-0.1, -0.05) is 18.7 Å². The minimum Gasteiger partial charge on any atom is -0.481 e. The van der Waals surface area contributed by atoms with Gasteiger partial charge in [-0.15, -0.1) is 10.2 Å². The monoisotopic (exact) mass is 312 g/mol. The third-order valence-electron chi connectivity index (χ3n) is 3.98. The van der Waals surface area contributed by atoms with Crippen molar-refractivity contribution in [1.29, 1.82) is 0 Å². The Labute approximate surface area is 129 Å². The van der Waals surface area contributed by atoms with E-state index >= 15 is 0 Å². The van der Waals surface area contributed by atoms with E-state index in [0.717, 1.165) is 12.4 Å². The molecule has 1 aliphatic heterocycles. The Hall–Kier alpha value is -1.24. The molecule has 2 heterocycles. The maximum atomic E-state index is 10.8. The minimum atomic E-state index is -0.833. The summed E-state index contributed by atoms with van der Waals surface area (Å²) in [4.78, 5) is 13.1. The van der Waals surface area contributed by atoms with Crippen LogP contribution < -0.4 is 4.90 Å². The second kappa shape index (κ2) is 6.68. The lowest BCUT2D eigenvalue weighted by molar-refractivity contribution is -0.133. The van der Waals surface area contributed by atoms with E-state index in [0.29, 0.717) is 17.2 Å². The number of carbonyl (C=O) groups is 1. The number of anilines is 1. The standard InChI is InChI=1S/C14H24N4O2S/c1-5-11-7-6-10(4)18(11)13-15-16-14(17(13)9(2)3)21-8-12(19)20/h9-11H,5-8H2,1-4H3,(H,19,20). The number of aromatic nitrogens is 3. The van der Waals surface area contributed by atoms with Crippen molar-refractivity contribution in [2.75, 3.05) is 10.7 Å². The molecule has 0 spiro atoms. The number of hydrogen-bond donors (Lipinski definition) is 1. The van der Waals surface area contributed by atoms with Gasteiger partial charge in [-0.2, -0.15) is 0 Å². The summed E-state index contributed by atoms with van der Waals surface area (Å²) in [6.45, 7) is 8.59. The lowest BCUT2D eigenvalue weighted by Gasteiger charge is -2.30. The van der Waals surface area contributed by atoms with Gasteiger partial charge < -0.3 is 10.0 Å². The molecule has 0 amide bonds. The van der Waals surface area contributed by atoms with Crippen LogP contribution in [0.15, 0.2) is 5.16 Å². The number of rotatable bonds is 6. The zero-order valence-corrected chi connectivity index (χ0v) is 13.9. The molecule has 1 N–H and O–H groups in total. The zero-order valence-electron chi connectivity index (χ0n) is 13.1. The molecule has 0 aromatic carbocycles. The molecule has 6 nitrogen and oxygen atoms in total. The summed E-state index contributed by atoms with van der Waals surface area (Å²) in [5, 5.41) is 18.1. The second-order valence-corrected chi connectivity index (χ2v) is 6.77. The summed E-state index contributed by atoms with van der Waals surface area (Å²) in [7, 11) is 0. The fraction of sp³-hybridized carbons (Fsp3) is 0.786. The van der Waals surface area contributed by atoms with Crippen LogP contribution in [0.25, 0.3) is 0 Å². The first-order chi connectivity index (χ1) is 9.95. The molecule has 21 heavy (non-hydrogen) atoms. The van der Waals surface area contributed by atoms with Crippen molar-refractivity contribution < 1.29 is 9.90 Å². The summed E-state index contributed by atoms with van der Waals surface area (Å²) < 4.78 is 2.07. The molecule has 118 valence electrons. The lowest BCUT2D eigenvalue weighted by Crippen LogP contribution is -2.36. The van der Waals surface area contributed by atoms with Crippen molar-refractivity contribution in [2.45, 2.75) is 70.2 Å². The molecule has 1 saturated heterocycles. The highest BCUT2D eigenvalue weighted by atomic mass is 32.2. The fourth-order valence-corrected chi connectivity index (χ4v) is 3.74. The molecule has 0 radical (unpaired) electrons. The van der Waals surface area contributed by atoms with Crippen LogP contribution in [0, 0.1) is 0 Å². The lowest BCUT2D eigenvalue weighted by atomic mass is 10.2. The van der Waals surface area contributed by atoms with Crippen LogP contribution in [-0.4, -0.2) is 43.7 Å². The van der Waals surface area contributed by atoms with Crippen molar-refractivity contribution in [3.63, 3.8) is 0 Å². The average molecular weight is 312 g/mol. The van der Waals surface area contributed by atoms with Gasteiger partial charge in [0.05, 0.1) is 5.75 Å². The predicted molar refractivity (Wildman–Crippen MR) is 84.0 cm³/mol. The molecule has 7 heteroatoms. The van der Waals surface area contributed by atoms with E-state index in [-0.39, 0.29) is 11.8 Å². The number of nitrogens with zero attached hydrogens (tertiary/aromatic N) is 4. The first-order valence-corrected chi connectivity index (χ1v) is 8.52. The third kappa shape index (κ3) is 3.33. The Bertz CT molecular complexity index is 503. The largest absolute Gasteiger partial charge is 0.481 e. The topological polar surface area (TPSA) is 71.2 Å². The Kier molecular flexibility index (Phi) is 5.13. The SMILES string of the molecule is CCC1CCC(C)N1c1nnc(SCC(=O)O)n1C(C)C. The number of aliphatic carboxylic acids is 1. The highest BCUT2D eigenvalue weighted by Gasteiger charge is 2.34. The molecule has 1 aromatic rings. The summed E-state index contributed by atoms with van der Waals surface area (Å²) in [5.74, 6) is 0.0630. The van der Waals surface area contributed by atoms with Gasteiger partial charge in [0.2, 0.25) is 5.95 Å². The smallest absolute Gasteiger partial charge is 0.313 e. The fourth-order valence-electron chi connectivity index (χ4n) is 2.95. The molecule has 1 aliphatic rings. The molecule has 1 fully saturated rings. The maximum Gasteiger partial charge on any atom is 0.313 e. The molecule has 2 unspecified atom stereocenters. The molecular formula is C14H24N4O2S. The van der Waals surface area contributed by atoms with Crippen molar-refractivity contribution in [3.8, 4) is 0 Å². The first-order valence-electron chi connectivity index (χ1n) is 7.53. The molecule has 2 rings (SSSR count). The van der Waals surface area contributed by atoms with Crippen LogP contribution in [0.5, 0.6) is 0 Å². The number of carboxylic acids is 1. The van der Waals surface area contributed by atoms with Crippen LogP contribution in [-0.2, 0) is 4.79 Å². The minimum absolute atomic E-state index is 0.0115. The maximum absolute atomic E-state index is 10.8. The van der Waals surface area contributed by atoms with Gasteiger partial charge in [-0.05, 0) is 40.0 Å². The van der Waals surface area contributed by atoms with Gasteiger partial charge in [0.15, 0.2) is 5.16 Å². The van der Waals surface area contributed by atoms with E-state index < -0.39 is 5.97 Å². The number of hydrogen-bond acceptors (Lipinski definition) is 5. The van der Waals surface area contributed by atoms with Crippen LogP contribution in [0.4, 0.5) is 5.95 Å². The van der Waals surface area contributed by atoms with Crippen molar-refractivity contribution in [1.82, 2.24) is 14.8 Å². The highest BCUT2D eigenvalue weighted by molar-refractivity contribution is 7.99. The van der Waals surface area contributed by atoms with Gasteiger partial charge in [-0.3, -0.25) is 9.36 Å². The van der Waals surface area contributed by atoms with Crippen LogP contribution >= 0.6 is 11.8 Å². The molecule has 0 bridgehead atoms. The summed E-state index contributed by atoms with van der Waals surface area (Å²) in [6, 6.07) is 1.16. The predicted octanol–water partition coefficient (Wildman–Crippen LogP) is 2.80. The quantitative estimate of drug-likeness (QED) is 0.814. The Morgan fingerprint density at radius 1 is 1.43 bits per heavy atom. The summed E-state index contributed by atoms with van der Waals surface area (Å²) in [6.07, 6.45) is 3.44. The Balaban J connectivity index is 2.32. The molecule has 0 saturated carbocycles. The summed E-state index contributed by atoms with van der Waals surface area (Å²) in [5.41, 5.74) is 0. The van der Waals surface area contributed by atoms with Crippen LogP contribution in [0.1, 0.15) is 53.0 Å². The van der Waals surface area contributed by atoms with Crippen molar-refractivity contribution in [2.24, 2.45) is 0 Å². The Morgan fingerprint density at radius 3 is 2.71 bits per heavy atom. The number of thioether (sulfide) groups is 1. The van der Waals surface area contributed by atoms with Crippen molar-refractivity contribution >= 4 is 23.7 Å². The van der Waals surface area contributed by atoms with E-state index in [1.54, 1.807) is 0 Å². The summed E-state index contributed by atoms with van der Waals surface area (Å²) >= 11 is 1.24. The first kappa shape index (κ1) is 16.1. The van der Waals surface area contributed by atoms with E-state index in [9.17, 15) is 4.79 Å². The second-order valence-electron chi connectivity index (χ2n) is 5.82. The van der Waals surface area contributed by atoms with Crippen LogP contribution in [0.2, 0.25) is 0 Å². The van der Waals surface area contributed by atoms with Gasteiger partial charge in [0.1, 0.15) is 0 Å². The van der Waals surface area contributed by atoms with E-state index in [1.807, 2.05) is 0 Å². The highest BCUT2D eigenvalue weighted by Crippen LogP contribution is 2.34. The third-order valence-corrected chi connectivity index (χ3v) is 4.90. The molecule has 1 aromatic heterocycles. The van der Waals surface area contributed by atoms with E-state index in [4.69, 9.17) is 5.11 Å². The van der Waals surface area contributed by atoms with E-state index in [2.05, 4.69) is 47.4 Å². The normalized spacial score (nSPS) is 22.2. The Morgan fingerprint density at radius 2 is 2.14 bits per heavy atom. The number of carboxylic acid groups (broad SMARTS) is 1. The molecule has 2 atom stereocenters. The molecular weight excluding hydrogens is 288 g/mol. The van der Waals surface area contributed by atoms with Gasteiger partial charge >= 0.3 is 5.97 Å². The van der Waals surface area contributed by atoms with Gasteiger partial charge in [0.25, 0.3) is 0 Å². The van der Waals surface area contributed by atoms with Gasteiger partial charge in [-0.25, -0.2) is 0 Å². The van der Waals surface area contributed by atoms with Crippen molar-refractivity contribution in [3.05, 3.63) is 0 Å². The average Bonchev–Trinajstić information content (AvgIpc) is 2.98. The van der Waals surface area contributed by atoms with Gasteiger partial charge in [0, 0.05) is 18.1 Å². The zero-order chi connectivity index (χ0) is 15.6. The van der Waals surface area contributed by atoms with E-state index in [1.165, 1.54) is 24.6 Å².